The molecule has 26 heavy (non-hydrogen) atoms. The number of aromatic carboxylic acids is 1. The van der Waals surface area contributed by atoms with Gasteiger partial charge in [0, 0.05) is 0 Å². The van der Waals surface area contributed by atoms with E-state index in [9.17, 15) is 4.79 Å². The first kappa shape index (κ1) is 17.2. The van der Waals surface area contributed by atoms with Gasteiger partial charge in [-0.1, -0.05) is 23.8 Å². The molecule has 0 saturated carbocycles. The summed E-state index contributed by atoms with van der Waals surface area (Å²) in [6.07, 6.45) is 1.66. The molecule has 0 fully saturated rings. The van der Waals surface area contributed by atoms with E-state index in [4.69, 9.17) is 9.84 Å². The van der Waals surface area contributed by atoms with Gasteiger partial charge >= 0.3 is 5.97 Å². The molecule has 0 unspecified atom stereocenters. The van der Waals surface area contributed by atoms with Crippen molar-refractivity contribution in [1.82, 2.24) is 0 Å². The van der Waals surface area contributed by atoms with E-state index in [1.165, 1.54) is 17.7 Å². The Hall–Kier alpha value is -3.60. The van der Waals surface area contributed by atoms with Crippen LogP contribution in [0.1, 0.15) is 21.5 Å². The van der Waals surface area contributed by atoms with E-state index in [0.717, 1.165) is 17.1 Å². The van der Waals surface area contributed by atoms with Crippen LogP contribution in [0.15, 0.2) is 77.9 Å². The van der Waals surface area contributed by atoms with Crippen molar-refractivity contribution in [3.63, 3.8) is 0 Å². The fourth-order valence-corrected chi connectivity index (χ4v) is 2.27. The van der Waals surface area contributed by atoms with Crippen molar-refractivity contribution < 1.29 is 14.6 Å². The summed E-state index contributed by atoms with van der Waals surface area (Å²) < 4.78 is 5.78. The molecule has 0 radical (unpaired) electrons. The van der Waals surface area contributed by atoms with Crippen LogP contribution in [0.5, 0.6) is 11.5 Å². The largest absolute Gasteiger partial charge is 0.478 e. The Labute approximate surface area is 151 Å². The zero-order valence-electron chi connectivity index (χ0n) is 14.2. The monoisotopic (exact) mass is 346 g/mol. The summed E-state index contributed by atoms with van der Waals surface area (Å²) in [4.78, 5) is 10.9. The third-order valence-corrected chi connectivity index (χ3v) is 3.65. The molecule has 0 aliphatic carbocycles. The molecule has 0 amide bonds. The number of hydrogen-bond acceptors (Lipinski definition) is 4. The van der Waals surface area contributed by atoms with Gasteiger partial charge in [0.2, 0.25) is 0 Å². The number of nitrogens with zero attached hydrogens (tertiary/aromatic N) is 1. The molecule has 0 saturated heterocycles. The van der Waals surface area contributed by atoms with Crippen LogP contribution in [-0.2, 0) is 0 Å². The fourth-order valence-electron chi connectivity index (χ4n) is 2.27. The molecule has 0 aliphatic rings. The number of anilines is 1. The highest BCUT2D eigenvalue weighted by atomic mass is 16.5. The Morgan fingerprint density at radius 2 is 1.65 bits per heavy atom. The van der Waals surface area contributed by atoms with Crippen molar-refractivity contribution in [2.24, 2.45) is 5.10 Å². The summed E-state index contributed by atoms with van der Waals surface area (Å²) in [5, 5.41) is 13.1. The first-order valence-corrected chi connectivity index (χ1v) is 8.07. The van der Waals surface area contributed by atoms with Gasteiger partial charge in [0.15, 0.2) is 0 Å². The number of hydrazone groups is 1. The molecule has 0 heterocycles. The Balaban J connectivity index is 1.60. The van der Waals surface area contributed by atoms with Crippen molar-refractivity contribution >= 4 is 17.9 Å². The molecular weight excluding hydrogens is 328 g/mol. The van der Waals surface area contributed by atoms with Gasteiger partial charge < -0.3 is 9.84 Å². The average molecular weight is 346 g/mol. The number of benzene rings is 3. The van der Waals surface area contributed by atoms with Gasteiger partial charge in [-0.2, -0.15) is 5.10 Å². The van der Waals surface area contributed by atoms with E-state index < -0.39 is 5.97 Å². The standard InChI is InChI=1S/C21H18N2O3/c1-15-5-9-19(10-6-15)26-20-11-7-16(8-12-20)14-22-23-18-4-2-3-17(13-18)21(24)25/h2-14,23H,1H3,(H,24,25). The molecule has 2 N–H and O–H groups in total. The van der Waals surface area contributed by atoms with Gasteiger partial charge in [0.05, 0.1) is 17.5 Å². The molecule has 0 aromatic heterocycles. The number of carboxylic acids is 1. The van der Waals surface area contributed by atoms with Gasteiger partial charge in [0.1, 0.15) is 11.5 Å². The van der Waals surface area contributed by atoms with E-state index in [2.05, 4.69) is 10.5 Å². The smallest absolute Gasteiger partial charge is 0.335 e. The number of rotatable bonds is 6. The summed E-state index contributed by atoms with van der Waals surface area (Å²) in [5.74, 6) is 0.562. The molecular formula is C21H18N2O3. The fraction of sp³-hybridized carbons (Fsp3) is 0.0476. The Kier molecular flexibility index (Phi) is 5.29. The second-order valence-corrected chi connectivity index (χ2v) is 5.74. The van der Waals surface area contributed by atoms with Crippen LogP contribution in [0.2, 0.25) is 0 Å². The first-order chi connectivity index (χ1) is 12.6. The van der Waals surface area contributed by atoms with E-state index in [-0.39, 0.29) is 5.56 Å². The number of nitrogens with one attached hydrogen (secondary N) is 1. The van der Waals surface area contributed by atoms with Crippen molar-refractivity contribution in [2.75, 3.05) is 5.43 Å². The second kappa shape index (κ2) is 7.98. The third-order valence-electron chi connectivity index (χ3n) is 3.65. The molecule has 0 bridgehead atoms. The average Bonchev–Trinajstić information content (AvgIpc) is 2.65. The Morgan fingerprint density at radius 1 is 1.00 bits per heavy atom. The van der Waals surface area contributed by atoms with E-state index >= 15 is 0 Å². The minimum atomic E-state index is -0.971. The van der Waals surface area contributed by atoms with Crippen molar-refractivity contribution in [1.29, 1.82) is 0 Å². The number of carbonyl (C=O) groups is 1. The number of hydrogen-bond donors (Lipinski definition) is 2. The van der Waals surface area contributed by atoms with Gasteiger partial charge in [-0.25, -0.2) is 4.79 Å². The molecule has 5 heteroatoms. The van der Waals surface area contributed by atoms with Gasteiger partial charge in [-0.05, 0) is 67.1 Å². The molecule has 130 valence electrons. The topological polar surface area (TPSA) is 70.9 Å². The molecule has 3 aromatic carbocycles. The highest BCUT2D eigenvalue weighted by molar-refractivity contribution is 5.88. The molecule has 3 aromatic rings. The predicted molar refractivity (Wildman–Crippen MR) is 102 cm³/mol. The lowest BCUT2D eigenvalue weighted by atomic mass is 10.2. The lowest BCUT2D eigenvalue weighted by Gasteiger charge is -2.06. The maximum Gasteiger partial charge on any atom is 0.335 e. The van der Waals surface area contributed by atoms with Gasteiger partial charge in [0.25, 0.3) is 0 Å². The molecule has 0 spiro atoms. The minimum absolute atomic E-state index is 0.211. The summed E-state index contributed by atoms with van der Waals surface area (Å²) in [6.45, 7) is 2.03. The van der Waals surface area contributed by atoms with Crippen LogP contribution in [0.4, 0.5) is 5.69 Å². The van der Waals surface area contributed by atoms with Gasteiger partial charge in [-0.15, -0.1) is 0 Å². The predicted octanol–water partition coefficient (Wildman–Crippen LogP) is 4.93. The first-order valence-electron chi connectivity index (χ1n) is 8.07. The number of aryl methyl sites for hydroxylation is 1. The van der Waals surface area contributed by atoms with Crippen LogP contribution >= 0.6 is 0 Å². The van der Waals surface area contributed by atoms with E-state index in [1.54, 1.807) is 18.3 Å². The lowest BCUT2D eigenvalue weighted by molar-refractivity contribution is 0.0697. The van der Waals surface area contributed by atoms with Crippen molar-refractivity contribution in [3.05, 3.63) is 89.5 Å². The summed E-state index contributed by atoms with van der Waals surface area (Å²) in [7, 11) is 0. The van der Waals surface area contributed by atoms with E-state index in [0.29, 0.717) is 5.69 Å². The second-order valence-electron chi connectivity index (χ2n) is 5.74. The van der Waals surface area contributed by atoms with Crippen LogP contribution < -0.4 is 10.2 Å². The quantitative estimate of drug-likeness (QED) is 0.490. The van der Waals surface area contributed by atoms with Crippen LogP contribution in [0, 0.1) is 6.92 Å². The summed E-state index contributed by atoms with van der Waals surface area (Å²) >= 11 is 0. The normalized spacial score (nSPS) is 10.7. The minimum Gasteiger partial charge on any atom is -0.478 e. The summed E-state index contributed by atoms with van der Waals surface area (Å²) in [6, 6.07) is 21.9. The van der Waals surface area contributed by atoms with Crippen LogP contribution in [-0.4, -0.2) is 17.3 Å². The number of carboxylic acid groups (broad SMARTS) is 1. The molecule has 3 rings (SSSR count). The zero-order valence-corrected chi connectivity index (χ0v) is 14.2. The highest BCUT2D eigenvalue weighted by Crippen LogP contribution is 2.21. The summed E-state index contributed by atoms with van der Waals surface area (Å²) in [5.41, 5.74) is 5.72. The van der Waals surface area contributed by atoms with E-state index in [1.807, 2.05) is 55.5 Å². The van der Waals surface area contributed by atoms with Crippen molar-refractivity contribution in [2.45, 2.75) is 6.92 Å². The van der Waals surface area contributed by atoms with Crippen molar-refractivity contribution in [3.8, 4) is 11.5 Å². The Morgan fingerprint density at radius 3 is 2.31 bits per heavy atom. The number of ether oxygens (including phenoxy) is 1. The molecule has 0 atom stereocenters. The van der Waals surface area contributed by atoms with Crippen LogP contribution in [0.3, 0.4) is 0 Å². The van der Waals surface area contributed by atoms with Crippen LogP contribution in [0.25, 0.3) is 0 Å². The third kappa shape index (κ3) is 4.70. The molecule has 5 nitrogen and oxygen atoms in total. The maximum absolute atomic E-state index is 10.9. The highest BCUT2D eigenvalue weighted by Gasteiger charge is 2.02. The SMILES string of the molecule is Cc1ccc(Oc2ccc(C=NNc3cccc(C(=O)O)c3)cc2)cc1. The van der Waals surface area contributed by atoms with Gasteiger partial charge in [-0.3, -0.25) is 5.43 Å². The maximum atomic E-state index is 10.9. The zero-order chi connectivity index (χ0) is 18.4. The lowest BCUT2D eigenvalue weighted by Crippen LogP contribution is -1.97. The Bertz CT molecular complexity index is 917. The molecule has 0 aliphatic heterocycles.